The first-order chi connectivity index (χ1) is 14.2. The number of carbonyl (C=O) groups excluding carboxylic acids is 1. The Morgan fingerprint density at radius 2 is 1.87 bits per heavy atom. The molecule has 1 aliphatic heterocycles. The lowest BCUT2D eigenvalue weighted by atomic mass is 10.1. The monoisotopic (exact) mass is 567 g/mol. The Kier molecular flexibility index (Phi) is 11.6. The van der Waals surface area contributed by atoms with E-state index in [1.807, 2.05) is 18.2 Å². The van der Waals surface area contributed by atoms with Crippen LogP contribution in [0.3, 0.4) is 0 Å². The zero-order valence-electron chi connectivity index (χ0n) is 18.3. The van der Waals surface area contributed by atoms with Crippen LogP contribution >= 0.6 is 24.0 Å². The molecule has 0 bridgehead atoms. The summed E-state index contributed by atoms with van der Waals surface area (Å²) in [6, 6.07) is 7.28. The van der Waals surface area contributed by atoms with Crippen LogP contribution in [0, 0.1) is 0 Å². The van der Waals surface area contributed by atoms with Gasteiger partial charge < -0.3 is 20.7 Å². The summed E-state index contributed by atoms with van der Waals surface area (Å²) >= 11 is 0. The maximum Gasteiger partial charge on any atom is 0.409 e. The van der Waals surface area contributed by atoms with E-state index in [4.69, 9.17) is 10.5 Å². The van der Waals surface area contributed by atoms with Crippen molar-refractivity contribution in [2.45, 2.75) is 58.0 Å². The number of hydrogen-bond donors (Lipinski definition) is 3. The number of halogens is 1. The standard InChI is InChI=1S/C20H33N5O4S.HI/c1-4-29-20(26)25-11-9-18(10-12-25)23-19(21)22-13-16-7-5-6-8-17(16)14-30(27,28)24-15(2)3;/h5-8,15,18,24H,4,9-14H2,1-3H3,(H3,21,22,23);1H. The average molecular weight is 567 g/mol. The minimum absolute atomic E-state index is 0. The van der Waals surface area contributed by atoms with Crippen molar-refractivity contribution in [1.29, 1.82) is 0 Å². The highest BCUT2D eigenvalue weighted by molar-refractivity contribution is 14.0. The summed E-state index contributed by atoms with van der Waals surface area (Å²) in [6.45, 7) is 7.23. The van der Waals surface area contributed by atoms with E-state index in [2.05, 4.69) is 15.0 Å². The third-order valence-corrected chi connectivity index (χ3v) is 6.19. The summed E-state index contributed by atoms with van der Waals surface area (Å²) < 4.78 is 32.1. The number of nitrogens with one attached hydrogen (secondary N) is 2. The number of hydrogen-bond acceptors (Lipinski definition) is 5. The molecule has 1 aromatic carbocycles. The number of amides is 1. The Morgan fingerprint density at radius 3 is 2.45 bits per heavy atom. The molecule has 0 saturated carbocycles. The van der Waals surface area contributed by atoms with Gasteiger partial charge in [-0.1, -0.05) is 24.3 Å². The molecule has 1 saturated heterocycles. The topological polar surface area (TPSA) is 126 Å². The van der Waals surface area contributed by atoms with Crippen LogP contribution in [0.2, 0.25) is 0 Å². The van der Waals surface area contributed by atoms with Crippen LogP contribution in [0.15, 0.2) is 29.3 Å². The number of piperidine rings is 1. The summed E-state index contributed by atoms with van der Waals surface area (Å²) in [5, 5.41) is 3.19. The van der Waals surface area contributed by atoms with Gasteiger partial charge >= 0.3 is 6.09 Å². The maximum absolute atomic E-state index is 12.3. The van der Waals surface area contributed by atoms with Gasteiger partial charge in [0.1, 0.15) is 0 Å². The highest BCUT2D eigenvalue weighted by Crippen LogP contribution is 2.14. The zero-order valence-corrected chi connectivity index (χ0v) is 21.5. The summed E-state index contributed by atoms with van der Waals surface area (Å²) in [4.78, 5) is 17.8. The van der Waals surface area contributed by atoms with Crippen molar-refractivity contribution in [3.8, 4) is 0 Å². The molecule has 4 N–H and O–H groups in total. The van der Waals surface area contributed by atoms with Gasteiger partial charge in [0.2, 0.25) is 10.0 Å². The molecule has 11 heteroatoms. The van der Waals surface area contributed by atoms with Crippen molar-refractivity contribution in [3.63, 3.8) is 0 Å². The van der Waals surface area contributed by atoms with Crippen molar-refractivity contribution < 1.29 is 17.9 Å². The SMILES string of the molecule is CCOC(=O)N1CCC(NC(N)=NCc2ccccc2CS(=O)(=O)NC(C)C)CC1.I. The van der Waals surface area contributed by atoms with Crippen LogP contribution in [0.1, 0.15) is 44.7 Å². The number of nitrogens with two attached hydrogens (primary N) is 1. The number of guanidine groups is 1. The van der Waals surface area contributed by atoms with E-state index in [1.54, 1.807) is 31.7 Å². The van der Waals surface area contributed by atoms with Gasteiger partial charge in [-0.2, -0.15) is 0 Å². The van der Waals surface area contributed by atoms with Gasteiger partial charge in [-0.05, 0) is 44.7 Å². The molecular formula is C20H34IN5O4S. The highest BCUT2D eigenvalue weighted by Gasteiger charge is 2.23. The van der Waals surface area contributed by atoms with Crippen LogP contribution in [-0.4, -0.2) is 57.2 Å². The Hall–Kier alpha value is -1.60. The molecule has 1 aromatic rings. The Labute approximate surface area is 202 Å². The quantitative estimate of drug-likeness (QED) is 0.251. The van der Waals surface area contributed by atoms with Crippen molar-refractivity contribution >= 4 is 46.1 Å². The van der Waals surface area contributed by atoms with Crippen LogP contribution in [0.4, 0.5) is 4.79 Å². The molecule has 0 aliphatic carbocycles. The molecule has 9 nitrogen and oxygen atoms in total. The summed E-state index contributed by atoms with van der Waals surface area (Å²) in [5.74, 6) is 0.207. The molecule has 0 aromatic heterocycles. The number of carbonyl (C=O) groups is 1. The first kappa shape index (κ1) is 27.4. The van der Waals surface area contributed by atoms with Crippen LogP contribution in [0.25, 0.3) is 0 Å². The van der Waals surface area contributed by atoms with E-state index in [0.717, 1.165) is 18.4 Å². The fourth-order valence-corrected chi connectivity index (χ4v) is 4.80. The van der Waals surface area contributed by atoms with Crippen molar-refractivity contribution in [2.24, 2.45) is 10.7 Å². The minimum Gasteiger partial charge on any atom is -0.450 e. The second kappa shape index (κ2) is 13.1. The average Bonchev–Trinajstić information content (AvgIpc) is 2.66. The predicted octanol–water partition coefficient (Wildman–Crippen LogP) is 2.16. The highest BCUT2D eigenvalue weighted by atomic mass is 127. The molecule has 1 fully saturated rings. The minimum atomic E-state index is -3.42. The van der Waals surface area contributed by atoms with Gasteiger partial charge in [-0.3, -0.25) is 0 Å². The largest absolute Gasteiger partial charge is 0.450 e. The van der Waals surface area contributed by atoms with Crippen LogP contribution in [-0.2, 0) is 27.1 Å². The maximum atomic E-state index is 12.3. The Bertz CT molecular complexity index is 840. The molecule has 0 radical (unpaired) electrons. The number of likely N-dealkylation sites (tertiary alicyclic amines) is 1. The molecule has 0 atom stereocenters. The molecule has 2 rings (SSSR count). The van der Waals surface area contributed by atoms with E-state index in [0.29, 0.717) is 31.2 Å². The molecule has 1 aliphatic rings. The normalized spacial score (nSPS) is 15.5. The number of ether oxygens (including phenoxy) is 1. The molecule has 0 unspecified atom stereocenters. The van der Waals surface area contributed by atoms with Crippen LogP contribution < -0.4 is 15.8 Å². The van der Waals surface area contributed by atoms with E-state index >= 15 is 0 Å². The second-order valence-electron chi connectivity index (χ2n) is 7.61. The van der Waals surface area contributed by atoms with E-state index in [9.17, 15) is 13.2 Å². The lowest BCUT2D eigenvalue weighted by Gasteiger charge is -2.31. The number of aliphatic imine (C=N–C) groups is 1. The predicted molar refractivity (Wildman–Crippen MR) is 133 cm³/mol. The van der Waals surface area contributed by atoms with E-state index in [-0.39, 0.29) is 54.5 Å². The molecule has 0 spiro atoms. The summed E-state index contributed by atoms with van der Waals surface area (Å²) in [5.41, 5.74) is 7.55. The van der Waals surface area contributed by atoms with Crippen LogP contribution in [0.5, 0.6) is 0 Å². The Morgan fingerprint density at radius 1 is 1.26 bits per heavy atom. The van der Waals surface area contributed by atoms with Gasteiger partial charge in [0, 0.05) is 25.2 Å². The second-order valence-corrected chi connectivity index (χ2v) is 9.36. The number of sulfonamides is 1. The lowest BCUT2D eigenvalue weighted by Crippen LogP contribution is -2.48. The third kappa shape index (κ3) is 9.60. The molecule has 1 heterocycles. The number of benzene rings is 1. The first-order valence-corrected chi connectivity index (χ1v) is 11.9. The van der Waals surface area contributed by atoms with Gasteiger partial charge in [0.15, 0.2) is 5.96 Å². The fraction of sp³-hybridized carbons (Fsp3) is 0.600. The van der Waals surface area contributed by atoms with Gasteiger partial charge in [-0.25, -0.2) is 22.9 Å². The summed E-state index contributed by atoms with van der Waals surface area (Å²) in [7, 11) is -3.42. The third-order valence-electron chi connectivity index (χ3n) is 4.67. The zero-order chi connectivity index (χ0) is 22.1. The van der Waals surface area contributed by atoms with Crippen molar-refractivity contribution in [3.05, 3.63) is 35.4 Å². The number of nitrogens with zero attached hydrogens (tertiary/aromatic N) is 2. The van der Waals surface area contributed by atoms with E-state index < -0.39 is 10.0 Å². The summed E-state index contributed by atoms with van der Waals surface area (Å²) in [6.07, 6.45) is 1.23. The molecule has 31 heavy (non-hydrogen) atoms. The molecular weight excluding hydrogens is 533 g/mol. The van der Waals surface area contributed by atoms with Gasteiger partial charge in [0.05, 0.1) is 18.9 Å². The van der Waals surface area contributed by atoms with Gasteiger partial charge in [0.25, 0.3) is 0 Å². The smallest absolute Gasteiger partial charge is 0.409 e. The lowest BCUT2D eigenvalue weighted by molar-refractivity contribution is 0.0963. The Balaban J connectivity index is 0.00000480. The van der Waals surface area contributed by atoms with E-state index in [1.165, 1.54) is 0 Å². The molecule has 1 amide bonds. The number of rotatable bonds is 8. The molecule has 176 valence electrons. The fourth-order valence-electron chi connectivity index (χ4n) is 3.30. The van der Waals surface area contributed by atoms with Crippen molar-refractivity contribution in [1.82, 2.24) is 14.9 Å². The first-order valence-electron chi connectivity index (χ1n) is 10.2. The van der Waals surface area contributed by atoms with Gasteiger partial charge in [-0.15, -0.1) is 24.0 Å². The van der Waals surface area contributed by atoms with Crippen molar-refractivity contribution in [2.75, 3.05) is 19.7 Å².